The minimum absolute atomic E-state index is 0.0911. The lowest BCUT2D eigenvalue weighted by Gasteiger charge is -2.29. The molecule has 0 atom stereocenters. The Morgan fingerprint density at radius 1 is 1.26 bits per heavy atom. The normalized spacial score (nSPS) is 17.5. The van der Waals surface area contributed by atoms with Crippen LogP contribution >= 0.6 is 0 Å². The molecule has 0 bridgehead atoms. The number of rotatable bonds is 2. The van der Waals surface area contributed by atoms with E-state index in [0.29, 0.717) is 18.9 Å². The molecule has 3 nitrogen and oxygen atoms in total. The van der Waals surface area contributed by atoms with Crippen LogP contribution < -0.4 is 5.32 Å². The number of carbonyl (C=O) groups excluding carboxylic acids is 1. The third-order valence-corrected chi connectivity index (χ3v) is 3.54. The van der Waals surface area contributed by atoms with Gasteiger partial charge in [0.15, 0.2) is 0 Å². The first-order valence-corrected chi connectivity index (χ1v) is 6.25. The van der Waals surface area contributed by atoms with E-state index in [1.165, 1.54) is 0 Å². The van der Waals surface area contributed by atoms with Crippen molar-refractivity contribution in [1.82, 2.24) is 0 Å². The van der Waals surface area contributed by atoms with E-state index < -0.39 is 23.0 Å². The molecule has 1 aliphatic carbocycles. The summed E-state index contributed by atoms with van der Waals surface area (Å²) in [4.78, 5) is 12.2. The van der Waals surface area contributed by atoms with Crippen molar-refractivity contribution in [3.05, 3.63) is 29.8 Å². The van der Waals surface area contributed by atoms with Gasteiger partial charge in [0.05, 0.1) is 11.8 Å². The molecule has 0 saturated heterocycles. The van der Waals surface area contributed by atoms with E-state index in [2.05, 4.69) is 11.4 Å². The van der Waals surface area contributed by atoms with Crippen LogP contribution in [0.25, 0.3) is 0 Å². The quantitative estimate of drug-likeness (QED) is 0.890. The highest BCUT2D eigenvalue weighted by atomic mass is 19.1. The molecule has 1 saturated carbocycles. The SMILES string of the molecule is N#CC1(C(=O)Nc2ccc(F)cc2F)CCCCC1. The largest absolute Gasteiger partial charge is 0.322 e. The van der Waals surface area contributed by atoms with Crippen molar-refractivity contribution < 1.29 is 13.6 Å². The second-order valence-corrected chi connectivity index (χ2v) is 4.83. The van der Waals surface area contributed by atoms with Crippen LogP contribution in [0, 0.1) is 28.4 Å². The first-order valence-electron chi connectivity index (χ1n) is 6.25. The summed E-state index contributed by atoms with van der Waals surface area (Å²) in [6.45, 7) is 0. The molecule has 5 heteroatoms. The molecule has 19 heavy (non-hydrogen) atoms. The predicted molar refractivity (Wildman–Crippen MR) is 66.1 cm³/mol. The summed E-state index contributed by atoms with van der Waals surface area (Å²) in [5, 5.41) is 11.6. The van der Waals surface area contributed by atoms with E-state index in [9.17, 15) is 18.8 Å². The molecule has 1 amide bonds. The Balaban J connectivity index is 2.18. The molecule has 0 unspecified atom stereocenters. The van der Waals surface area contributed by atoms with Crippen molar-refractivity contribution in [2.75, 3.05) is 5.32 Å². The van der Waals surface area contributed by atoms with E-state index in [1.807, 2.05) is 0 Å². The number of benzene rings is 1. The molecule has 1 aromatic carbocycles. The summed E-state index contributed by atoms with van der Waals surface area (Å²) in [5.74, 6) is -2.04. The lowest BCUT2D eigenvalue weighted by molar-refractivity contribution is -0.124. The first-order chi connectivity index (χ1) is 9.07. The fraction of sp³-hybridized carbons (Fsp3) is 0.429. The molecule has 0 radical (unpaired) electrons. The lowest BCUT2D eigenvalue weighted by atomic mass is 9.74. The molecular weight excluding hydrogens is 250 g/mol. The van der Waals surface area contributed by atoms with Crippen LogP contribution in [0.15, 0.2) is 18.2 Å². The van der Waals surface area contributed by atoms with Crippen LogP contribution in [0.1, 0.15) is 32.1 Å². The van der Waals surface area contributed by atoms with Gasteiger partial charge in [-0.05, 0) is 25.0 Å². The Hall–Kier alpha value is -1.96. The van der Waals surface area contributed by atoms with Crippen LogP contribution in [-0.4, -0.2) is 5.91 Å². The third kappa shape index (κ3) is 2.73. The number of carbonyl (C=O) groups is 1. The molecule has 0 spiro atoms. The molecular formula is C14H14F2N2O. The van der Waals surface area contributed by atoms with Gasteiger partial charge < -0.3 is 5.32 Å². The number of amides is 1. The lowest BCUT2D eigenvalue weighted by Crippen LogP contribution is -2.37. The van der Waals surface area contributed by atoms with Gasteiger partial charge in [-0.15, -0.1) is 0 Å². The average Bonchev–Trinajstić information content (AvgIpc) is 2.42. The first kappa shape index (κ1) is 13.5. The minimum atomic E-state index is -1.08. The molecule has 0 aliphatic heterocycles. The van der Waals surface area contributed by atoms with Gasteiger partial charge in [0.25, 0.3) is 0 Å². The van der Waals surface area contributed by atoms with Crippen LogP contribution in [0.4, 0.5) is 14.5 Å². The topological polar surface area (TPSA) is 52.9 Å². The molecule has 1 N–H and O–H groups in total. The van der Waals surface area contributed by atoms with Gasteiger partial charge in [0.1, 0.15) is 17.0 Å². The highest BCUT2D eigenvalue weighted by Crippen LogP contribution is 2.36. The maximum atomic E-state index is 13.5. The van der Waals surface area contributed by atoms with Gasteiger partial charge in [0, 0.05) is 6.07 Å². The van der Waals surface area contributed by atoms with Gasteiger partial charge in [-0.2, -0.15) is 5.26 Å². The van der Waals surface area contributed by atoms with Crippen molar-refractivity contribution >= 4 is 11.6 Å². The Labute approximate surface area is 110 Å². The highest BCUT2D eigenvalue weighted by molar-refractivity contribution is 5.97. The van der Waals surface area contributed by atoms with Crippen LogP contribution in [0.5, 0.6) is 0 Å². The number of hydrogen-bond acceptors (Lipinski definition) is 2. The third-order valence-electron chi connectivity index (χ3n) is 3.54. The number of nitrogens with one attached hydrogen (secondary N) is 1. The summed E-state index contributed by atoms with van der Waals surface area (Å²) in [6, 6.07) is 4.99. The van der Waals surface area contributed by atoms with Crippen LogP contribution in [0.3, 0.4) is 0 Å². The molecule has 0 heterocycles. The number of halogens is 2. The highest BCUT2D eigenvalue weighted by Gasteiger charge is 2.40. The Morgan fingerprint density at radius 2 is 1.95 bits per heavy atom. The molecule has 2 rings (SSSR count). The van der Waals surface area contributed by atoms with Crippen LogP contribution in [0.2, 0.25) is 0 Å². The van der Waals surface area contributed by atoms with Gasteiger partial charge in [-0.3, -0.25) is 4.79 Å². The minimum Gasteiger partial charge on any atom is -0.322 e. The Bertz CT molecular complexity index is 531. The number of anilines is 1. The summed E-state index contributed by atoms with van der Waals surface area (Å²) in [5.41, 5.74) is -1.18. The fourth-order valence-corrected chi connectivity index (χ4v) is 2.38. The Morgan fingerprint density at radius 3 is 2.53 bits per heavy atom. The molecule has 1 fully saturated rings. The zero-order chi connectivity index (χ0) is 13.9. The monoisotopic (exact) mass is 264 g/mol. The molecule has 1 aliphatic rings. The zero-order valence-corrected chi connectivity index (χ0v) is 10.4. The van der Waals surface area contributed by atoms with E-state index >= 15 is 0 Å². The van der Waals surface area contributed by atoms with Gasteiger partial charge in [-0.1, -0.05) is 19.3 Å². The summed E-state index contributed by atoms with van der Waals surface area (Å²) < 4.78 is 26.2. The number of hydrogen-bond donors (Lipinski definition) is 1. The van der Waals surface area contributed by atoms with Crippen molar-refractivity contribution in [3.8, 4) is 6.07 Å². The standard InChI is InChI=1S/C14H14F2N2O/c15-10-4-5-12(11(16)8-10)18-13(19)14(9-17)6-2-1-3-7-14/h4-5,8H,1-3,6-7H2,(H,18,19). The van der Waals surface area contributed by atoms with Gasteiger partial charge >= 0.3 is 0 Å². The molecule has 1 aromatic rings. The summed E-state index contributed by atoms with van der Waals surface area (Å²) >= 11 is 0. The van der Waals surface area contributed by atoms with Crippen molar-refractivity contribution in [3.63, 3.8) is 0 Å². The number of nitriles is 1. The smallest absolute Gasteiger partial charge is 0.244 e. The van der Waals surface area contributed by atoms with E-state index in [-0.39, 0.29) is 5.69 Å². The number of nitrogens with zero attached hydrogens (tertiary/aromatic N) is 1. The summed E-state index contributed by atoms with van der Waals surface area (Å²) in [6.07, 6.45) is 3.59. The second-order valence-electron chi connectivity index (χ2n) is 4.83. The maximum Gasteiger partial charge on any atom is 0.244 e. The average molecular weight is 264 g/mol. The molecule has 0 aromatic heterocycles. The van der Waals surface area contributed by atoms with Crippen LogP contribution in [-0.2, 0) is 4.79 Å². The predicted octanol–water partition coefficient (Wildman–Crippen LogP) is 3.38. The second kappa shape index (κ2) is 5.35. The van der Waals surface area contributed by atoms with E-state index in [1.54, 1.807) is 0 Å². The van der Waals surface area contributed by atoms with Crippen molar-refractivity contribution in [2.45, 2.75) is 32.1 Å². The fourth-order valence-electron chi connectivity index (χ4n) is 2.38. The molecule has 100 valence electrons. The maximum absolute atomic E-state index is 13.5. The summed E-state index contributed by atoms with van der Waals surface area (Å²) in [7, 11) is 0. The zero-order valence-electron chi connectivity index (χ0n) is 10.4. The van der Waals surface area contributed by atoms with Gasteiger partial charge in [-0.25, -0.2) is 8.78 Å². The van der Waals surface area contributed by atoms with Crippen molar-refractivity contribution in [1.29, 1.82) is 5.26 Å². The van der Waals surface area contributed by atoms with Crippen molar-refractivity contribution in [2.24, 2.45) is 5.41 Å². The van der Waals surface area contributed by atoms with E-state index in [4.69, 9.17) is 0 Å². The Kier molecular flexibility index (Phi) is 3.79. The van der Waals surface area contributed by atoms with Gasteiger partial charge in [0.2, 0.25) is 5.91 Å². The van der Waals surface area contributed by atoms with E-state index in [0.717, 1.165) is 31.4 Å².